The first-order valence-electron chi connectivity index (χ1n) is 14.7. The first-order valence-corrected chi connectivity index (χ1v) is 14.7. The number of rotatable bonds is 4. The number of nitrogens with one attached hydrogen (secondary N) is 1. The Morgan fingerprint density at radius 3 is 2.46 bits per heavy atom. The van der Waals surface area contributed by atoms with Gasteiger partial charge >= 0.3 is 6.09 Å². The van der Waals surface area contributed by atoms with Gasteiger partial charge in [0.2, 0.25) is 5.91 Å². The number of amides is 2. The second-order valence-corrected chi connectivity index (χ2v) is 12.2. The van der Waals surface area contributed by atoms with Gasteiger partial charge in [-0.2, -0.15) is 5.10 Å². The summed E-state index contributed by atoms with van der Waals surface area (Å²) in [5, 5.41) is 8.25. The van der Waals surface area contributed by atoms with Gasteiger partial charge in [-0.3, -0.25) is 19.2 Å². The van der Waals surface area contributed by atoms with Gasteiger partial charge in [0, 0.05) is 38.3 Å². The molecule has 0 saturated heterocycles. The zero-order valence-corrected chi connectivity index (χ0v) is 27.4. The van der Waals surface area contributed by atoms with Crippen molar-refractivity contribution in [3.05, 3.63) is 75.6 Å². The Hall–Kier alpha value is -5.57. The number of pyridine rings is 2. The summed E-state index contributed by atoms with van der Waals surface area (Å²) in [5.41, 5.74) is 4.56. The number of aryl methyl sites for hydroxylation is 4. The molecule has 1 aromatic carbocycles. The molecule has 0 spiro atoms. The minimum atomic E-state index is -0.865. The maximum absolute atomic E-state index is 13.4. The van der Waals surface area contributed by atoms with E-state index in [-0.39, 0.29) is 11.4 Å². The molecule has 1 N–H and O–H groups in total. The predicted octanol–water partition coefficient (Wildman–Crippen LogP) is 4.49. The highest BCUT2D eigenvalue weighted by Gasteiger charge is 2.27. The molecule has 1 unspecified atom stereocenters. The van der Waals surface area contributed by atoms with Gasteiger partial charge < -0.3 is 14.6 Å². The highest BCUT2D eigenvalue weighted by Crippen LogP contribution is 2.29. The number of benzene rings is 1. The molecular weight excluding hydrogens is 584 g/mol. The van der Waals surface area contributed by atoms with Crippen molar-refractivity contribution >= 4 is 39.8 Å². The molecular formula is C34H36N8O4. The van der Waals surface area contributed by atoms with Gasteiger partial charge in [-0.15, -0.1) is 0 Å². The molecule has 12 nitrogen and oxygen atoms in total. The van der Waals surface area contributed by atoms with Crippen LogP contribution in [0.15, 0.2) is 47.3 Å². The largest absolute Gasteiger partial charge is 0.444 e. The minimum Gasteiger partial charge on any atom is -0.444 e. The van der Waals surface area contributed by atoms with E-state index in [9.17, 15) is 14.4 Å². The normalized spacial score (nSPS) is 12.0. The molecule has 1 atom stereocenters. The van der Waals surface area contributed by atoms with Crippen LogP contribution in [0, 0.1) is 25.7 Å². The third-order valence-electron chi connectivity index (χ3n) is 7.41. The van der Waals surface area contributed by atoms with Crippen LogP contribution >= 0.6 is 0 Å². The molecule has 0 fully saturated rings. The van der Waals surface area contributed by atoms with E-state index < -0.39 is 23.6 Å². The molecule has 12 heteroatoms. The summed E-state index contributed by atoms with van der Waals surface area (Å²) in [4.78, 5) is 53.2. The molecule has 46 heavy (non-hydrogen) atoms. The predicted molar refractivity (Wildman–Crippen MR) is 176 cm³/mol. The average molecular weight is 621 g/mol. The summed E-state index contributed by atoms with van der Waals surface area (Å²) in [7, 11) is 5.06. The fourth-order valence-corrected chi connectivity index (χ4v) is 4.94. The molecule has 0 radical (unpaired) electrons. The summed E-state index contributed by atoms with van der Waals surface area (Å²) < 4.78 is 8.74. The number of carbonyl (C=O) groups is 2. The van der Waals surface area contributed by atoms with Crippen molar-refractivity contribution in [1.29, 1.82) is 0 Å². The Balaban J connectivity index is 1.57. The standard InChI is InChI=1S/C34H36N8O4/c1-19-29-31(42(9)39-19)30(36-21(3)35-29)24-17-25(13-10-22-11-14-26-23(16-22)12-15-28(43)41(26)8)37-27(18-24)38-32(44)20(2)40(7)33(45)46-34(4,5)6/h11-12,14-18,20H,1-9H3,(H,37,38,44). The molecule has 0 bridgehead atoms. The van der Waals surface area contributed by atoms with Gasteiger partial charge in [0.25, 0.3) is 5.56 Å². The maximum Gasteiger partial charge on any atom is 0.410 e. The van der Waals surface area contributed by atoms with Crippen LogP contribution in [0.25, 0.3) is 33.2 Å². The molecule has 0 saturated carbocycles. The summed E-state index contributed by atoms with van der Waals surface area (Å²) in [5.74, 6) is 6.61. The van der Waals surface area contributed by atoms with Crippen LogP contribution in [0.2, 0.25) is 0 Å². The second kappa shape index (κ2) is 12.1. The van der Waals surface area contributed by atoms with E-state index in [0.717, 1.165) is 33.2 Å². The molecule has 4 heterocycles. The molecule has 4 aromatic heterocycles. The monoisotopic (exact) mass is 620 g/mol. The van der Waals surface area contributed by atoms with E-state index >= 15 is 0 Å². The smallest absolute Gasteiger partial charge is 0.410 e. The van der Waals surface area contributed by atoms with Crippen LogP contribution in [0.4, 0.5) is 10.6 Å². The Morgan fingerprint density at radius 1 is 1.00 bits per heavy atom. The number of ether oxygens (including phenoxy) is 1. The summed E-state index contributed by atoms with van der Waals surface area (Å²) in [6.45, 7) is 10.6. The van der Waals surface area contributed by atoms with Crippen molar-refractivity contribution in [1.82, 2.24) is 34.2 Å². The summed E-state index contributed by atoms with van der Waals surface area (Å²) >= 11 is 0. The lowest BCUT2D eigenvalue weighted by molar-refractivity contribution is -0.120. The SMILES string of the molecule is Cc1nc(-c2cc(C#Cc3ccc4c(ccc(=O)n4C)c3)nc(NC(=O)C(C)N(C)C(=O)OC(C)(C)C)c2)c2c(n1)c(C)nn2C. The molecule has 2 amide bonds. The maximum atomic E-state index is 13.4. The van der Waals surface area contributed by atoms with Gasteiger partial charge in [-0.25, -0.2) is 19.7 Å². The number of hydrogen-bond acceptors (Lipinski definition) is 8. The molecule has 0 aliphatic carbocycles. The quantitative estimate of drug-likeness (QED) is 0.290. The van der Waals surface area contributed by atoms with Gasteiger partial charge in [-0.05, 0) is 89.2 Å². The number of aromatic nitrogens is 6. The lowest BCUT2D eigenvalue weighted by Gasteiger charge is -2.28. The minimum absolute atomic E-state index is 0.0915. The molecule has 0 aliphatic heterocycles. The first-order chi connectivity index (χ1) is 21.6. The van der Waals surface area contributed by atoms with Crippen molar-refractivity contribution in [3.63, 3.8) is 0 Å². The van der Waals surface area contributed by atoms with Crippen molar-refractivity contribution in [3.8, 4) is 23.1 Å². The van der Waals surface area contributed by atoms with Gasteiger partial charge in [0.15, 0.2) is 0 Å². The lowest BCUT2D eigenvalue weighted by atomic mass is 10.1. The topological polar surface area (TPSA) is 137 Å². The number of likely N-dealkylation sites (N-methyl/N-ethyl adjacent to an activating group) is 1. The molecule has 5 aromatic rings. The number of carbonyl (C=O) groups excluding carboxylic acids is 2. The zero-order valence-electron chi connectivity index (χ0n) is 27.4. The van der Waals surface area contributed by atoms with Crippen LogP contribution in [-0.4, -0.2) is 64.9 Å². The van der Waals surface area contributed by atoms with Gasteiger partial charge in [0.05, 0.1) is 11.2 Å². The lowest BCUT2D eigenvalue weighted by Crippen LogP contribution is -2.45. The van der Waals surface area contributed by atoms with Gasteiger partial charge in [-0.1, -0.05) is 5.92 Å². The molecule has 5 rings (SSSR count). The van der Waals surface area contributed by atoms with Crippen LogP contribution in [0.3, 0.4) is 0 Å². The van der Waals surface area contributed by atoms with Crippen molar-refractivity contribution in [2.75, 3.05) is 12.4 Å². The fourth-order valence-electron chi connectivity index (χ4n) is 4.94. The van der Waals surface area contributed by atoms with Gasteiger partial charge in [0.1, 0.15) is 45.7 Å². The highest BCUT2D eigenvalue weighted by atomic mass is 16.6. The Labute approximate surface area is 266 Å². The van der Waals surface area contributed by atoms with E-state index in [4.69, 9.17) is 9.72 Å². The average Bonchev–Trinajstić information content (AvgIpc) is 3.28. The van der Waals surface area contributed by atoms with E-state index in [0.29, 0.717) is 22.8 Å². The van der Waals surface area contributed by atoms with E-state index in [2.05, 4.69) is 32.2 Å². The highest BCUT2D eigenvalue weighted by molar-refractivity contribution is 5.97. The van der Waals surface area contributed by atoms with Crippen LogP contribution in [0.5, 0.6) is 0 Å². The Bertz CT molecular complexity index is 2150. The van der Waals surface area contributed by atoms with Crippen LogP contribution < -0.4 is 10.9 Å². The van der Waals surface area contributed by atoms with Crippen molar-refractivity contribution in [2.24, 2.45) is 14.1 Å². The number of fused-ring (bicyclic) bond motifs is 2. The third-order valence-corrected chi connectivity index (χ3v) is 7.41. The zero-order chi connectivity index (χ0) is 33.5. The van der Waals surface area contributed by atoms with Crippen molar-refractivity contribution < 1.29 is 14.3 Å². The fraction of sp³-hybridized carbons (Fsp3) is 0.324. The van der Waals surface area contributed by atoms with Crippen molar-refractivity contribution in [2.45, 2.75) is 53.2 Å². The second-order valence-electron chi connectivity index (χ2n) is 12.2. The van der Waals surface area contributed by atoms with Crippen LogP contribution in [0.1, 0.15) is 50.5 Å². The number of anilines is 1. The van der Waals surface area contributed by atoms with Crippen LogP contribution in [-0.2, 0) is 23.6 Å². The Kier molecular flexibility index (Phi) is 8.36. The Morgan fingerprint density at radius 2 is 1.74 bits per heavy atom. The van der Waals surface area contributed by atoms with E-state index in [1.165, 1.54) is 18.0 Å². The summed E-state index contributed by atoms with van der Waals surface area (Å²) in [6.07, 6.45) is -0.621. The first kappa shape index (κ1) is 31.8. The molecule has 236 valence electrons. The number of nitrogens with zero attached hydrogens (tertiary/aromatic N) is 7. The number of hydrogen-bond donors (Lipinski definition) is 1. The van der Waals surface area contributed by atoms with E-state index in [1.807, 2.05) is 39.1 Å². The molecule has 0 aliphatic rings. The summed E-state index contributed by atoms with van der Waals surface area (Å²) in [6, 6.07) is 11.5. The van der Waals surface area contributed by atoms with E-state index in [1.54, 1.807) is 62.2 Å². The third kappa shape index (κ3) is 6.58.